The molecule has 5 nitrogen and oxygen atoms in total. The number of hydrogen-bond acceptors (Lipinski definition) is 4. The zero-order chi connectivity index (χ0) is 18.4. The van der Waals surface area contributed by atoms with Crippen LogP contribution in [0.25, 0.3) is 0 Å². The molecule has 0 spiro atoms. The van der Waals surface area contributed by atoms with Crippen LogP contribution < -0.4 is 10.1 Å². The monoisotopic (exact) mass is 365 g/mol. The SMILES string of the molecule is COc1ccc(C(NC(=O)CCCc2ccc(C)s2)C(=O)O)cc1F. The van der Waals surface area contributed by atoms with Gasteiger partial charge in [0, 0.05) is 16.2 Å². The van der Waals surface area contributed by atoms with Gasteiger partial charge in [-0.3, -0.25) is 4.79 Å². The van der Waals surface area contributed by atoms with E-state index in [4.69, 9.17) is 4.74 Å². The van der Waals surface area contributed by atoms with Crippen LogP contribution in [0.5, 0.6) is 5.75 Å². The summed E-state index contributed by atoms with van der Waals surface area (Å²) in [5.41, 5.74) is 0.160. The van der Waals surface area contributed by atoms with Crippen molar-refractivity contribution in [2.24, 2.45) is 0 Å². The van der Waals surface area contributed by atoms with Crippen molar-refractivity contribution in [1.29, 1.82) is 0 Å². The number of aryl methyl sites for hydroxylation is 2. The maximum Gasteiger partial charge on any atom is 0.330 e. The Morgan fingerprint density at radius 1 is 1.32 bits per heavy atom. The number of hydrogen-bond donors (Lipinski definition) is 2. The summed E-state index contributed by atoms with van der Waals surface area (Å²) in [5, 5.41) is 11.8. The molecule has 0 saturated carbocycles. The molecular weight excluding hydrogens is 345 g/mol. The van der Waals surface area contributed by atoms with E-state index in [1.54, 1.807) is 11.3 Å². The third-order valence-corrected chi connectivity index (χ3v) is 4.74. The fraction of sp³-hybridized carbons (Fsp3) is 0.333. The van der Waals surface area contributed by atoms with Gasteiger partial charge in [-0.05, 0) is 49.6 Å². The van der Waals surface area contributed by atoms with Crippen molar-refractivity contribution in [1.82, 2.24) is 5.32 Å². The summed E-state index contributed by atoms with van der Waals surface area (Å²) in [4.78, 5) is 25.9. The topological polar surface area (TPSA) is 75.6 Å². The fourth-order valence-electron chi connectivity index (χ4n) is 2.43. The number of methoxy groups -OCH3 is 1. The van der Waals surface area contributed by atoms with Gasteiger partial charge in [0.25, 0.3) is 0 Å². The maximum atomic E-state index is 13.8. The molecule has 1 aromatic carbocycles. The zero-order valence-electron chi connectivity index (χ0n) is 14.0. The number of thiophene rings is 1. The fourth-order valence-corrected chi connectivity index (χ4v) is 3.36. The predicted octanol–water partition coefficient (Wildman–Crippen LogP) is 3.47. The number of carboxylic acid groups (broad SMARTS) is 1. The number of ether oxygens (including phenoxy) is 1. The first-order valence-electron chi connectivity index (χ1n) is 7.81. The van der Waals surface area contributed by atoms with E-state index in [0.29, 0.717) is 6.42 Å². The summed E-state index contributed by atoms with van der Waals surface area (Å²) in [6.07, 6.45) is 1.59. The summed E-state index contributed by atoms with van der Waals surface area (Å²) >= 11 is 1.68. The van der Waals surface area contributed by atoms with E-state index in [2.05, 4.69) is 5.32 Å². The molecule has 134 valence electrons. The maximum absolute atomic E-state index is 13.8. The molecule has 0 radical (unpaired) electrons. The highest BCUT2D eigenvalue weighted by Crippen LogP contribution is 2.22. The average molecular weight is 365 g/mol. The lowest BCUT2D eigenvalue weighted by Crippen LogP contribution is -2.33. The van der Waals surface area contributed by atoms with Crippen molar-refractivity contribution < 1.29 is 23.8 Å². The van der Waals surface area contributed by atoms with Gasteiger partial charge in [0.05, 0.1) is 7.11 Å². The van der Waals surface area contributed by atoms with E-state index in [0.717, 1.165) is 12.5 Å². The number of carbonyl (C=O) groups is 2. The summed E-state index contributed by atoms with van der Waals surface area (Å²) in [6.45, 7) is 2.02. The van der Waals surface area contributed by atoms with E-state index in [1.807, 2.05) is 19.1 Å². The van der Waals surface area contributed by atoms with Crippen LogP contribution >= 0.6 is 11.3 Å². The number of carbonyl (C=O) groups excluding carboxylic acids is 1. The lowest BCUT2D eigenvalue weighted by molar-refractivity contribution is -0.142. The van der Waals surface area contributed by atoms with Gasteiger partial charge in [0.1, 0.15) is 0 Å². The number of halogens is 1. The first-order chi connectivity index (χ1) is 11.9. The normalized spacial score (nSPS) is 11.8. The van der Waals surface area contributed by atoms with Crippen LogP contribution in [0.4, 0.5) is 4.39 Å². The van der Waals surface area contributed by atoms with E-state index < -0.39 is 17.8 Å². The highest BCUT2D eigenvalue weighted by atomic mass is 32.1. The number of carboxylic acids is 1. The smallest absolute Gasteiger partial charge is 0.330 e. The van der Waals surface area contributed by atoms with Gasteiger partial charge in [-0.1, -0.05) is 6.07 Å². The van der Waals surface area contributed by atoms with Crippen molar-refractivity contribution in [3.8, 4) is 5.75 Å². The molecule has 25 heavy (non-hydrogen) atoms. The van der Waals surface area contributed by atoms with Crippen LogP contribution in [-0.4, -0.2) is 24.1 Å². The van der Waals surface area contributed by atoms with Crippen molar-refractivity contribution in [3.63, 3.8) is 0 Å². The largest absolute Gasteiger partial charge is 0.494 e. The van der Waals surface area contributed by atoms with Crippen LogP contribution in [0.15, 0.2) is 30.3 Å². The van der Waals surface area contributed by atoms with Crippen LogP contribution in [-0.2, 0) is 16.0 Å². The predicted molar refractivity (Wildman–Crippen MR) is 93.5 cm³/mol. The molecule has 0 bridgehead atoms. The Morgan fingerprint density at radius 2 is 2.08 bits per heavy atom. The number of aliphatic carboxylic acids is 1. The van der Waals surface area contributed by atoms with Gasteiger partial charge in [-0.15, -0.1) is 11.3 Å². The van der Waals surface area contributed by atoms with Crippen LogP contribution in [0.3, 0.4) is 0 Å². The molecule has 2 aromatic rings. The minimum atomic E-state index is -1.29. The molecule has 1 unspecified atom stereocenters. The van der Waals surface area contributed by atoms with Gasteiger partial charge < -0.3 is 15.2 Å². The summed E-state index contributed by atoms with van der Waals surface area (Å²) in [5.74, 6) is -2.28. The second-order valence-electron chi connectivity index (χ2n) is 5.60. The Hall–Kier alpha value is -2.41. The van der Waals surface area contributed by atoms with E-state index in [9.17, 15) is 19.1 Å². The molecular formula is C18H20FNO4S. The Bertz CT molecular complexity index is 759. The Morgan fingerprint density at radius 3 is 2.64 bits per heavy atom. The molecule has 1 amide bonds. The summed E-state index contributed by atoms with van der Waals surface area (Å²) in [7, 11) is 1.32. The lowest BCUT2D eigenvalue weighted by Gasteiger charge is -2.15. The average Bonchev–Trinajstić information content (AvgIpc) is 2.97. The number of nitrogens with one attached hydrogen (secondary N) is 1. The van der Waals surface area contributed by atoms with Crippen molar-refractivity contribution in [2.45, 2.75) is 32.2 Å². The van der Waals surface area contributed by atoms with Gasteiger partial charge in [-0.25, -0.2) is 9.18 Å². The number of amides is 1. The van der Waals surface area contributed by atoms with Crippen LogP contribution in [0.2, 0.25) is 0 Å². The molecule has 2 N–H and O–H groups in total. The third kappa shape index (κ3) is 5.29. The number of benzene rings is 1. The first-order valence-corrected chi connectivity index (χ1v) is 8.63. The molecule has 7 heteroatoms. The summed E-state index contributed by atoms with van der Waals surface area (Å²) < 4.78 is 18.6. The molecule has 0 aliphatic carbocycles. The second-order valence-corrected chi connectivity index (χ2v) is 6.97. The minimum absolute atomic E-state index is 0.0189. The first kappa shape index (κ1) is 18.9. The molecule has 1 aromatic heterocycles. The Kier molecular flexibility index (Phi) is 6.52. The Balaban J connectivity index is 1.95. The van der Waals surface area contributed by atoms with E-state index in [-0.39, 0.29) is 23.6 Å². The van der Waals surface area contributed by atoms with Gasteiger partial charge >= 0.3 is 5.97 Å². The molecule has 0 aliphatic rings. The zero-order valence-corrected chi connectivity index (χ0v) is 14.9. The minimum Gasteiger partial charge on any atom is -0.494 e. The number of rotatable bonds is 8. The highest BCUT2D eigenvalue weighted by Gasteiger charge is 2.23. The van der Waals surface area contributed by atoms with Gasteiger partial charge in [-0.2, -0.15) is 0 Å². The molecule has 0 fully saturated rings. The quantitative estimate of drug-likeness (QED) is 0.751. The second kappa shape index (κ2) is 8.62. The van der Waals surface area contributed by atoms with Crippen molar-refractivity contribution >= 4 is 23.2 Å². The molecule has 0 saturated heterocycles. The van der Waals surface area contributed by atoms with Gasteiger partial charge in [0.2, 0.25) is 5.91 Å². The van der Waals surface area contributed by atoms with Crippen molar-refractivity contribution in [3.05, 3.63) is 51.5 Å². The Labute approximate surface area is 149 Å². The molecule has 1 heterocycles. The molecule has 0 aliphatic heterocycles. The van der Waals surface area contributed by atoms with Crippen molar-refractivity contribution in [2.75, 3.05) is 7.11 Å². The summed E-state index contributed by atoms with van der Waals surface area (Å²) in [6, 6.07) is 6.58. The van der Waals surface area contributed by atoms with E-state index in [1.165, 1.54) is 29.0 Å². The molecule has 2 rings (SSSR count). The lowest BCUT2D eigenvalue weighted by atomic mass is 10.1. The van der Waals surface area contributed by atoms with Crippen LogP contribution in [0.1, 0.15) is 34.2 Å². The van der Waals surface area contributed by atoms with Crippen LogP contribution in [0, 0.1) is 12.7 Å². The van der Waals surface area contributed by atoms with Gasteiger partial charge in [0.15, 0.2) is 17.6 Å². The third-order valence-electron chi connectivity index (χ3n) is 3.68. The standard InChI is InChI=1S/C18H20FNO4S/c1-11-6-8-13(25-11)4-3-5-16(21)20-17(18(22)23)12-7-9-15(24-2)14(19)10-12/h6-10,17H,3-5H2,1-2H3,(H,20,21)(H,22,23). The van der Waals surface area contributed by atoms with E-state index >= 15 is 0 Å². The highest BCUT2D eigenvalue weighted by molar-refractivity contribution is 7.11. The molecule has 1 atom stereocenters.